The fourth-order valence-electron chi connectivity index (χ4n) is 3.06. The van der Waals surface area contributed by atoms with Crippen molar-refractivity contribution in [2.24, 2.45) is 0 Å². The smallest absolute Gasteiger partial charge is 0.255 e. The van der Waals surface area contributed by atoms with Crippen LogP contribution in [0.15, 0.2) is 65.6 Å². The van der Waals surface area contributed by atoms with Gasteiger partial charge in [0.15, 0.2) is 0 Å². The average molecular weight is 388 g/mol. The van der Waals surface area contributed by atoms with Gasteiger partial charge in [-0.15, -0.1) is 0 Å². The normalized spacial score (nSPS) is 10.8. The van der Waals surface area contributed by atoms with Crippen molar-refractivity contribution in [3.05, 3.63) is 83.8 Å². The zero-order chi connectivity index (χ0) is 20.1. The van der Waals surface area contributed by atoms with Gasteiger partial charge in [0.25, 0.3) is 5.91 Å². The molecule has 0 fully saturated rings. The second-order valence-electron chi connectivity index (χ2n) is 6.43. The highest BCUT2D eigenvalue weighted by Gasteiger charge is 2.17. The van der Waals surface area contributed by atoms with Gasteiger partial charge in [-0.25, -0.2) is 0 Å². The summed E-state index contributed by atoms with van der Waals surface area (Å²) in [5.41, 5.74) is 3.37. The third-order valence-corrected chi connectivity index (χ3v) is 4.51. The molecule has 0 unspecified atom stereocenters. The van der Waals surface area contributed by atoms with Crippen LogP contribution in [-0.4, -0.2) is 30.8 Å². The Hall–Kier alpha value is -3.81. The lowest BCUT2D eigenvalue weighted by Crippen LogP contribution is -2.24. The minimum Gasteiger partial charge on any atom is -0.343 e. The highest BCUT2D eigenvalue weighted by molar-refractivity contribution is 5.95. The number of benzene rings is 1. The number of nitrogens with one attached hydrogen (secondary N) is 1. The molecule has 0 aliphatic carbocycles. The molecule has 0 atom stereocenters. The van der Waals surface area contributed by atoms with Crippen LogP contribution in [0, 0.1) is 0 Å². The van der Waals surface area contributed by atoms with Crippen molar-refractivity contribution in [1.29, 1.82) is 0 Å². The van der Waals surface area contributed by atoms with E-state index in [0.29, 0.717) is 30.2 Å². The van der Waals surface area contributed by atoms with Gasteiger partial charge in [-0.05, 0) is 24.1 Å². The first-order valence-corrected chi connectivity index (χ1v) is 9.34. The van der Waals surface area contributed by atoms with Crippen molar-refractivity contribution in [2.75, 3.05) is 0 Å². The van der Waals surface area contributed by atoms with E-state index in [1.54, 1.807) is 30.7 Å². The van der Waals surface area contributed by atoms with E-state index in [-0.39, 0.29) is 12.5 Å². The predicted molar refractivity (Wildman–Crippen MR) is 106 cm³/mol. The van der Waals surface area contributed by atoms with E-state index in [4.69, 9.17) is 4.52 Å². The molecule has 0 aliphatic heterocycles. The van der Waals surface area contributed by atoms with Gasteiger partial charge in [-0.2, -0.15) is 10.1 Å². The van der Waals surface area contributed by atoms with Gasteiger partial charge in [0.05, 0.1) is 30.5 Å². The number of aromatic nitrogens is 5. The standard InChI is InChI=1S/C21H20N6O2/c1-2-18-17(12-24-27(18)14-15-6-4-3-5-7-15)21(28)23-13-19-25-20(26-29-19)16-8-10-22-11-9-16/h3-12H,2,13-14H2,1H3,(H,23,28). The lowest BCUT2D eigenvalue weighted by Gasteiger charge is -2.08. The molecular formula is C21H20N6O2. The summed E-state index contributed by atoms with van der Waals surface area (Å²) in [5.74, 6) is 0.575. The molecule has 0 saturated heterocycles. The molecular weight excluding hydrogens is 368 g/mol. The number of carbonyl (C=O) groups is 1. The minimum atomic E-state index is -0.218. The molecule has 1 amide bonds. The van der Waals surface area contributed by atoms with Crippen molar-refractivity contribution in [2.45, 2.75) is 26.4 Å². The van der Waals surface area contributed by atoms with Crippen molar-refractivity contribution in [3.8, 4) is 11.4 Å². The molecule has 1 N–H and O–H groups in total. The Kier molecular flexibility index (Phi) is 5.42. The molecule has 8 heteroatoms. The Morgan fingerprint density at radius 3 is 2.69 bits per heavy atom. The number of pyridine rings is 1. The van der Waals surface area contributed by atoms with Gasteiger partial charge in [0.2, 0.25) is 11.7 Å². The monoisotopic (exact) mass is 388 g/mol. The molecule has 4 aromatic rings. The third-order valence-electron chi connectivity index (χ3n) is 4.51. The van der Waals surface area contributed by atoms with E-state index in [0.717, 1.165) is 16.8 Å². The maximum atomic E-state index is 12.7. The summed E-state index contributed by atoms with van der Waals surface area (Å²) in [6.07, 6.45) is 5.62. The molecule has 29 heavy (non-hydrogen) atoms. The van der Waals surface area contributed by atoms with Gasteiger partial charge < -0.3 is 9.84 Å². The summed E-state index contributed by atoms with van der Waals surface area (Å²) in [6.45, 7) is 2.77. The van der Waals surface area contributed by atoms with Crippen LogP contribution in [0.3, 0.4) is 0 Å². The lowest BCUT2D eigenvalue weighted by atomic mass is 10.1. The molecule has 8 nitrogen and oxygen atoms in total. The molecule has 0 bridgehead atoms. The molecule has 0 radical (unpaired) electrons. The van der Waals surface area contributed by atoms with E-state index in [9.17, 15) is 4.79 Å². The van der Waals surface area contributed by atoms with Gasteiger partial charge in [-0.1, -0.05) is 42.4 Å². The van der Waals surface area contributed by atoms with Crippen LogP contribution in [0.5, 0.6) is 0 Å². The number of amides is 1. The van der Waals surface area contributed by atoms with Gasteiger partial charge in [-0.3, -0.25) is 14.5 Å². The van der Waals surface area contributed by atoms with Crippen LogP contribution in [0.1, 0.15) is 34.4 Å². The SMILES string of the molecule is CCc1c(C(=O)NCc2nc(-c3ccncc3)no2)cnn1Cc1ccccc1. The number of rotatable bonds is 7. The molecule has 146 valence electrons. The van der Waals surface area contributed by atoms with E-state index < -0.39 is 0 Å². The second-order valence-corrected chi connectivity index (χ2v) is 6.43. The number of hydrogen-bond acceptors (Lipinski definition) is 6. The number of carbonyl (C=O) groups excluding carboxylic acids is 1. The second kappa shape index (κ2) is 8.47. The number of hydrogen-bond donors (Lipinski definition) is 1. The molecule has 4 rings (SSSR count). The first kappa shape index (κ1) is 18.5. The summed E-state index contributed by atoms with van der Waals surface area (Å²) < 4.78 is 7.09. The van der Waals surface area contributed by atoms with Gasteiger partial charge in [0, 0.05) is 18.0 Å². The average Bonchev–Trinajstić information content (AvgIpc) is 3.40. The van der Waals surface area contributed by atoms with Crippen LogP contribution in [-0.2, 0) is 19.5 Å². The minimum absolute atomic E-state index is 0.143. The Morgan fingerprint density at radius 1 is 1.14 bits per heavy atom. The Morgan fingerprint density at radius 2 is 1.93 bits per heavy atom. The summed E-state index contributed by atoms with van der Waals surface area (Å²) >= 11 is 0. The summed E-state index contributed by atoms with van der Waals surface area (Å²) in [4.78, 5) is 21.0. The molecule has 0 aliphatic rings. The van der Waals surface area contributed by atoms with Crippen LogP contribution < -0.4 is 5.32 Å². The van der Waals surface area contributed by atoms with Gasteiger partial charge in [0.1, 0.15) is 0 Å². The zero-order valence-corrected chi connectivity index (χ0v) is 15.9. The van der Waals surface area contributed by atoms with Crippen LogP contribution in [0.2, 0.25) is 0 Å². The maximum Gasteiger partial charge on any atom is 0.255 e. The van der Waals surface area contributed by atoms with Crippen LogP contribution in [0.4, 0.5) is 0 Å². The van der Waals surface area contributed by atoms with E-state index in [1.807, 2.05) is 41.9 Å². The van der Waals surface area contributed by atoms with Crippen LogP contribution in [0.25, 0.3) is 11.4 Å². The highest BCUT2D eigenvalue weighted by atomic mass is 16.5. The molecule has 3 aromatic heterocycles. The van der Waals surface area contributed by atoms with Crippen molar-refractivity contribution < 1.29 is 9.32 Å². The van der Waals surface area contributed by atoms with E-state index in [2.05, 4.69) is 25.5 Å². The Bertz CT molecular complexity index is 1090. The number of nitrogens with zero attached hydrogens (tertiary/aromatic N) is 5. The first-order chi connectivity index (χ1) is 14.2. The summed E-state index contributed by atoms with van der Waals surface area (Å²) in [6, 6.07) is 13.6. The summed E-state index contributed by atoms with van der Waals surface area (Å²) in [5, 5.41) is 11.2. The van der Waals surface area contributed by atoms with Gasteiger partial charge >= 0.3 is 0 Å². The predicted octanol–water partition coefficient (Wildman–Crippen LogP) is 2.87. The fraction of sp³-hybridized carbons (Fsp3) is 0.190. The topological polar surface area (TPSA) is 98.7 Å². The third kappa shape index (κ3) is 4.21. The van der Waals surface area contributed by atoms with Crippen molar-refractivity contribution in [3.63, 3.8) is 0 Å². The Balaban J connectivity index is 1.43. The van der Waals surface area contributed by atoms with E-state index >= 15 is 0 Å². The first-order valence-electron chi connectivity index (χ1n) is 9.34. The van der Waals surface area contributed by atoms with Crippen LogP contribution >= 0.6 is 0 Å². The molecule has 1 aromatic carbocycles. The summed E-state index contributed by atoms with van der Waals surface area (Å²) in [7, 11) is 0. The molecule has 0 spiro atoms. The lowest BCUT2D eigenvalue weighted by molar-refractivity contribution is 0.0945. The molecule has 0 saturated carbocycles. The largest absolute Gasteiger partial charge is 0.343 e. The van der Waals surface area contributed by atoms with Crippen molar-refractivity contribution in [1.82, 2.24) is 30.2 Å². The Labute approximate surface area is 167 Å². The molecule has 3 heterocycles. The van der Waals surface area contributed by atoms with E-state index in [1.165, 1.54) is 0 Å². The zero-order valence-electron chi connectivity index (χ0n) is 15.9. The highest BCUT2D eigenvalue weighted by Crippen LogP contribution is 2.15. The van der Waals surface area contributed by atoms with Crippen molar-refractivity contribution >= 4 is 5.91 Å². The quantitative estimate of drug-likeness (QED) is 0.523. The maximum absolute atomic E-state index is 12.7. The fourth-order valence-corrected chi connectivity index (χ4v) is 3.06.